The zero-order valence-electron chi connectivity index (χ0n) is 25.2. The highest BCUT2D eigenvalue weighted by Gasteiger charge is 2.04. The summed E-state index contributed by atoms with van der Waals surface area (Å²) in [4.78, 5) is 42.4. The van der Waals surface area contributed by atoms with Gasteiger partial charge in [-0.05, 0) is 84.6 Å². The number of non-ortho nitro benzene ring substituents is 2. The molecule has 0 aromatic heterocycles. The molecule has 46 heavy (non-hydrogen) atoms. The maximum absolute atomic E-state index is 11.2. The Bertz CT molecular complexity index is 1660. The van der Waals surface area contributed by atoms with E-state index in [1.54, 1.807) is 55.5 Å². The second-order valence-electron chi connectivity index (χ2n) is 9.59. The van der Waals surface area contributed by atoms with Gasteiger partial charge in [0.25, 0.3) is 11.4 Å². The van der Waals surface area contributed by atoms with E-state index in [0.29, 0.717) is 18.1 Å². The molecule has 4 aromatic rings. The van der Waals surface area contributed by atoms with E-state index in [9.17, 15) is 29.8 Å². The number of hydrogen-bond acceptors (Lipinski definition) is 9. The van der Waals surface area contributed by atoms with Crippen LogP contribution < -0.4 is 9.47 Å². The Balaban J connectivity index is 0.000000251. The molecule has 4 aromatic carbocycles. The fourth-order valence-corrected chi connectivity index (χ4v) is 3.68. The van der Waals surface area contributed by atoms with Crippen LogP contribution in [-0.4, -0.2) is 41.4 Å². The van der Waals surface area contributed by atoms with Crippen molar-refractivity contribution >= 4 is 47.4 Å². The number of ether oxygens (including phenoxy) is 3. The molecular formula is C35H32N2O9. The SMILES string of the molecule is CC(=O)COc1ccc(/C=C/c2ccc([N+](=O)[O-])cc2)cc1.CCOC(=O)COc1ccc(/C=C\c2ccc([N+](=O)[O-])cc2)cc1. The molecule has 236 valence electrons. The number of rotatable bonds is 13. The number of benzene rings is 4. The van der Waals surface area contributed by atoms with Gasteiger partial charge in [0.2, 0.25) is 0 Å². The maximum atomic E-state index is 11.2. The number of carbonyl (C=O) groups is 2. The Labute approximate surface area is 265 Å². The summed E-state index contributed by atoms with van der Waals surface area (Å²) in [6.45, 7) is 3.49. The lowest BCUT2D eigenvalue weighted by atomic mass is 10.1. The number of nitrogens with zero attached hydrogens (tertiary/aromatic N) is 2. The van der Waals surface area contributed by atoms with Crippen LogP contribution in [0.3, 0.4) is 0 Å². The highest BCUT2D eigenvalue weighted by atomic mass is 16.6. The van der Waals surface area contributed by atoms with Crippen molar-refractivity contribution in [1.82, 2.24) is 0 Å². The zero-order valence-corrected chi connectivity index (χ0v) is 25.2. The van der Waals surface area contributed by atoms with Gasteiger partial charge in [0, 0.05) is 24.3 Å². The summed E-state index contributed by atoms with van der Waals surface area (Å²) in [5, 5.41) is 21.2. The van der Waals surface area contributed by atoms with E-state index >= 15 is 0 Å². The third kappa shape index (κ3) is 12.3. The van der Waals surface area contributed by atoms with Gasteiger partial charge in [0.15, 0.2) is 12.4 Å². The fraction of sp³-hybridized carbons (Fsp3) is 0.143. The van der Waals surface area contributed by atoms with Gasteiger partial charge in [0.1, 0.15) is 18.1 Å². The van der Waals surface area contributed by atoms with Gasteiger partial charge in [-0.1, -0.05) is 48.6 Å². The van der Waals surface area contributed by atoms with Crippen LogP contribution in [0.1, 0.15) is 36.1 Å². The molecule has 4 rings (SSSR count). The van der Waals surface area contributed by atoms with E-state index in [0.717, 1.165) is 22.3 Å². The van der Waals surface area contributed by atoms with Crippen LogP contribution in [-0.2, 0) is 14.3 Å². The fourth-order valence-electron chi connectivity index (χ4n) is 3.68. The smallest absolute Gasteiger partial charge is 0.344 e. The average molecular weight is 625 g/mol. The number of nitro benzene ring substituents is 2. The molecule has 0 aliphatic rings. The molecular weight excluding hydrogens is 592 g/mol. The lowest BCUT2D eigenvalue weighted by molar-refractivity contribution is -0.385. The highest BCUT2D eigenvalue weighted by molar-refractivity contribution is 5.77. The number of ketones is 1. The van der Waals surface area contributed by atoms with Crippen LogP contribution >= 0.6 is 0 Å². The Kier molecular flexibility index (Phi) is 13.4. The van der Waals surface area contributed by atoms with Gasteiger partial charge in [-0.2, -0.15) is 0 Å². The molecule has 0 spiro atoms. The average Bonchev–Trinajstić information content (AvgIpc) is 3.06. The van der Waals surface area contributed by atoms with Crippen LogP contribution in [0.4, 0.5) is 11.4 Å². The first-order valence-corrected chi connectivity index (χ1v) is 14.1. The third-order valence-electron chi connectivity index (χ3n) is 6.01. The topological polar surface area (TPSA) is 148 Å². The van der Waals surface area contributed by atoms with E-state index in [2.05, 4.69) is 0 Å². The van der Waals surface area contributed by atoms with Crippen LogP contribution in [0.25, 0.3) is 24.3 Å². The molecule has 11 nitrogen and oxygen atoms in total. The first kappa shape index (κ1) is 34.4. The zero-order chi connectivity index (χ0) is 33.3. The number of Topliss-reactive ketones (excluding diaryl/α,β-unsaturated/α-hetero) is 1. The quantitative estimate of drug-likeness (QED) is 0.0640. The van der Waals surface area contributed by atoms with Crippen molar-refractivity contribution in [3.63, 3.8) is 0 Å². The minimum absolute atomic E-state index is 0.0258. The van der Waals surface area contributed by atoms with Crippen molar-refractivity contribution in [2.24, 2.45) is 0 Å². The maximum Gasteiger partial charge on any atom is 0.344 e. The predicted molar refractivity (Wildman–Crippen MR) is 175 cm³/mol. The number of nitro groups is 2. The van der Waals surface area contributed by atoms with Gasteiger partial charge in [-0.3, -0.25) is 25.0 Å². The molecule has 0 saturated heterocycles. The van der Waals surface area contributed by atoms with E-state index < -0.39 is 15.8 Å². The monoisotopic (exact) mass is 624 g/mol. The molecule has 0 heterocycles. The lowest BCUT2D eigenvalue weighted by Crippen LogP contribution is -2.14. The minimum Gasteiger partial charge on any atom is -0.486 e. The Morgan fingerprint density at radius 2 is 0.913 bits per heavy atom. The van der Waals surface area contributed by atoms with Crippen molar-refractivity contribution in [2.45, 2.75) is 13.8 Å². The molecule has 0 aliphatic heterocycles. The van der Waals surface area contributed by atoms with Gasteiger partial charge in [-0.25, -0.2) is 4.79 Å². The lowest BCUT2D eigenvalue weighted by Gasteiger charge is -2.05. The first-order valence-electron chi connectivity index (χ1n) is 14.1. The predicted octanol–water partition coefficient (Wildman–Crippen LogP) is 7.44. The third-order valence-corrected chi connectivity index (χ3v) is 6.01. The normalized spacial score (nSPS) is 10.6. The summed E-state index contributed by atoms with van der Waals surface area (Å²) in [6, 6.07) is 27.2. The summed E-state index contributed by atoms with van der Waals surface area (Å²) in [5.74, 6) is 0.792. The standard InChI is InChI=1S/C18H17NO5.C17H15NO4/c1-2-23-18(20)13-24-17-11-7-15(8-12-17)4-3-14-5-9-16(10-6-14)19(21)22;1-13(19)12-22-17-10-6-15(7-11-17)3-2-14-4-8-16(9-5-14)18(20)21/h3-12H,2,13H2,1H3;2-11H,12H2,1H3/b4-3-;3-2+. The Morgan fingerprint density at radius 1 is 0.587 bits per heavy atom. The summed E-state index contributed by atoms with van der Waals surface area (Å²) in [6.07, 6.45) is 7.51. The van der Waals surface area contributed by atoms with Crippen molar-refractivity contribution in [3.8, 4) is 11.5 Å². The molecule has 0 radical (unpaired) electrons. The minimum atomic E-state index is -0.428. The van der Waals surface area contributed by atoms with Gasteiger partial charge in [0.05, 0.1) is 16.5 Å². The Morgan fingerprint density at radius 3 is 1.22 bits per heavy atom. The van der Waals surface area contributed by atoms with Crippen LogP contribution in [0.15, 0.2) is 97.1 Å². The Hall–Kier alpha value is -6.10. The first-order chi connectivity index (χ1) is 22.1. The van der Waals surface area contributed by atoms with Gasteiger partial charge >= 0.3 is 5.97 Å². The number of esters is 1. The molecule has 0 N–H and O–H groups in total. The summed E-state index contributed by atoms with van der Waals surface area (Å²) >= 11 is 0. The number of hydrogen-bond donors (Lipinski definition) is 0. The second-order valence-corrected chi connectivity index (χ2v) is 9.59. The molecule has 0 unspecified atom stereocenters. The molecule has 0 aliphatic carbocycles. The molecule has 0 saturated carbocycles. The van der Waals surface area contributed by atoms with Crippen molar-refractivity contribution in [3.05, 3.63) is 140 Å². The van der Waals surface area contributed by atoms with E-state index in [-0.39, 0.29) is 30.4 Å². The summed E-state index contributed by atoms with van der Waals surface area (Å²) in [5.41, 5.74) is 3.79. The van der Waals surface area contributed by atoms with Gasteiger partial charge in [-0.15, -0.1) is 0 Å². The van der Waals surface area contributed by atoms with Crippen LogP contribution in [0, 0.1) is 20.2 Å². The van der Waals surface area contributed by atoms with E-state index in [1.807, 2.05) is 48.6 Å². The highest BCUT2D eigenvalue weighted by Crippen LogP contribution is 2.18. The molecule has 11 heteroatoms. The second kappa shape index (κ2) is 17.9. The van der Waals surface area contributed by atoms with Crippen molar-refractivity contribution in [1.29, 1.82) is 0 Å². The van der Waals surface area contributed by atoms with Crippen molar-refractivity contribution < 1.29 is 33.6 Å². The van der Waals surface area contributed by atoms with E-state index in [4.69, 9.17) is 14.2 Å². The molecule has 0 fully saturated rings. The van der Waals surface area contributed by atoms with Crippen molar-refractivity contribution in [2.75, 3.05) is 19.8 Å². The molecule has 0 bridgehead atoms. The van der Waals surface area contributed by atoms with E-state index in [1.165, 1.54) is 31.2 Å². The molecule has 0 amide bonds. The summed E-state index contributed by atoms with van der Waals surface area (Å²) in [7, 11) is 0. The van der Waals surface area contributed by atoms with Gasteiger partial charge < -0.3 is 14.2 Å². The molecule has 0 atom stereocenters. The largest absolute Gasteiger partial charge is 0.486 e. The van der Waals surface area contributed by atoms with Crippen LogP contribution in [0.2, 0.25) is 0 Å². The number of carbonyl (C=O) groups excluding carboxylic acids is 2. The van der Waals surface area contributed by atoms with Crippen LogP contribution in [0.5, 0.6) is 11.5 Å². The summed E-state index contributed by atoms with van der Waals surface area (Å²) < 4.78 is 15.4.